The smallest absolute Gasteiger partial charge is 0.243 e. The quantitative estimate of drug-likeness (QED) is 0.771. The van der Waals surface area contributed by atoms with Crippen molar-refractivity contribution >= 4 is 20.0 Å². The Morgan fingerprint density at radius 1 is 1.32 bits per heavy atom. The average Bonchev–Trinajstić information content (AvgIpc) is 2.96. The van der Waals surface area contributed by atoms with Gasteiger partial charge in [0.1, 0.15) is 0 Å². The van der Waals surface area contributed by atoms with Gasteiger partial charge in [-0.3, -0.25) is 0 Å². The highest BCUT2D eigenvalue weighted by Crippen LogP contribution is 2.26. The first-order valence-corrected chi connectivity index (χ1v) is 9.89. The van der Waals surface area contributed by atoms with Gasteiger partial charge in [0.25, 0.3) is 0 Å². The molecule has 1 aromatic carbocycles. The minimum absolute atomic E-state index is 0.0789. The number of hydrogen-bond donors (Lipinski definition) is 2. The Kier molecular flexibility index (Phi) is 4.93. The summed E-state index contributed by atoms with van der Waals surface area (Å²) in [5.41, 5.74) is 5.98. The Bertz CT molecular complexity index is 759. The van der Waals surface area contributed by atoms with Crippen molar-refractivity contribution in [2.75, 3.05) is 26.7 Å². The van der Waals surface area contributed by atoms with E-state index in [0.29, 0.717) is 25.2 Å². The molecule has 1 aliphatic heterocycles. The van der Waals surface area contributed by atoms with Gasteiger partial charge in [0, 0.05) is 13.1 Å². The number of aryl methyl sites for hydroxylation is 1. The lowest BCUT2D eigenvalue weighted by Crippen LogP contribution is -2.30. The Labute approximate surface area is 131 Å². The van der Waals surface area contributed by atoms with Gasteiger partial charge < -0.3 is 5.73 Å². The third-order valence-electron chi connectivity index (χ3n) is 3.92. The SMILES string of the molecule is CNS(=O)(=O)c1ccc(S(=O)(=O)N2CCC(CN)C2)cc1C. The zero-order chi connectivity index (χ0) is 16.5. The zero-order valence-corrected chi connectivity index (χ0v) is 14.2. The van der Waals surface area contributed by atoms with Crippen LogP contribution in [0.15, 0.2) is 28.0 Å². The van der Waals surface area contributed by atoms with E-state index in [1.165, 1.54) is 29.6 Å². The van der Waals surface area contributed by atoms with E-state index in [-0.39, 0.29) is 15.7 Å². The van der Waals surface area contributed by atoms with E-state index < -0.39 is 20.0 Å². The van der Waals surface area contributed by atoms with Gasteiger partial charge in [0.15, 0.2) is 0 Å². The van der Waals surface area contributed by atoms with Gasteiger partial charge in [-0.2, -0.15) is 4.31 Å². The van der Waals surface area contributed by atoms with Gasteiger partial charge in [-0.25, -0.2) is 21.6 Å². The first-order valence-electron chi connectivity index (χ1n) is 6.97. The molecule has 1 aromatic rings. The van der Waals surface area contributed by atoms with Crippen LogP contribution < -0.4 is 10.5 Å². The van der Waals surface area contributed by atoms with Crippen molar-refractivity contribution in [1.29, 1.82) is 0 Å². The normalized spacial score (nSPS) is 20.4. The lowest BCUT2D eigenvalue weighted by Gasteiger charge is -2.17. The van der Waals surface area contributed by atoms with E-state index in [4.69, 9.17) is 5.73 Å². The van der Waals surface area contributed by atoms with E-state index in [0.717, 1.165) is 6.42 Å². The standard InChI is InChI=1S/C13H21N3O4S2/c1-10-7-12(3-4-13(10)21(17,18)15-2)22(19,20)16-6-5-11(8-14)9-16/h3-4,7,11,15H,5-6,8-9,14H2,1-2H3. The molecule has 0 aromatic heterocycles. The van der Waals surface area contributed by atoms with Crippen molar-refractivity contribution in [3.05, 3.63) is 23.8 Å². The molecule has 0 saturated carbocycles. The van der Waals surface area contributed by atoms with Crippen LogP contribution >= 0.6 is 0 Å². The average molecular weight is 347 g/mol. The molecule has 0 aliphatic carbocycles. The number of nitrogens with one attached hydrogen (secondary N) is 1. The van der Waals surface area contributed by atoms with Crippen LogP contribution in [0.2, 0.25) is 0 Å². The lowest BCUT2D eigenvalue weighted by atomic mass is 10.1. The van der Waals surface area contributed by atoms with Gasteiger partial charge >= 0.3 is 0 Å². The summed E-state index contributed by atoms with van der Waals surface area (Å²) in [5.74, 6) is 0.180. The molecule has 1 atom stereocenters. The summed E-state index contributed by atoms with van der Waals surface area (Å²) < 4.78 is 52.5. The van der Waals surface area contributed by atoms with E-state index in [2.05, 4.69) is 4.72 Å². The van der Waals surface area contributed by atoms with E-state index >= 15 is 0 Å². The van der Waals surface area contributed by atoms with Gasteiger partial charge in [-0.1, -0.05) is 0 Å². The minimum atomic E-state index is -3.61. The molecule has 7 nitrogen and oxygen atoms in total. The highest BCUT2D eigenvalue weighted by molar-refractivity contribution is 7.89. The lowest BCUT2D eigenvalue weighted by molar-refractivity contribution is 0.459. The minimum Gasteiger partial charge on any atom is -0.330 e. The first-order chi connectivity index (χ1) is 10.2. The first kappa shape index (κ1) is 17.4. The monoisotopic (exact) mass is 347 g/mol. The van der Waals surface area contributed by atoms with Crippen LogP contribution in [0.5, 0.6) is 0 Å². The molecule has 124 valence electrons. The third kappa shape index (κ3) is 3.18. The second-order valence-electron chi connectivity index (χ2n) is 5.39. The van der Waals surface area contributed by atoms with Crippen molar-refractivity contribution < 1.29 is 16.8 Å². The van der Waals surface area contributed by atoms with Gasteiger partial charge in [0.2, 0.25) is 20.0 Å². The predicted molar refractivity (Wildman–Crippen MR) is 83.3 cm³/mol. The maximum Gasteiger partial charge on any atom is 0.243 e. The molecule has 0 bridgehead atoms. The molecule has 1 unspecified atom stereocenters. The van der Waals surface area contributed by atoms with E-state index in [1.807, 2.05) is 0 Å². The number of nitrogens with two attached hydrogens (primary N) is 1. The Balaban J connectivity index is 2.36. The second kappa shape index (κ2) is 6.25. The van der Waals surface area contributed by atoms with Crippen molar-refractivity contribution in [2.45, 2.75) is 23.1 Å². The molecule has 3 N–H and O–H groups in total. The number of sulfonamides is 2. The Hall–Kier alpha value is -1.00. The number of benzene rings is 1. The largest absolute Gasteiger partial charge is 0.330 e. The number of hydrogen-bond acceptors (Lipinski definition) is 5. The topological polar surface area (TPSA) is 110 Å². The molecule has 1 saturated heterocycles. The fraction of sp³-hybridized carbons (Fsp3) is 0.538. The second-order valence-corrected chi connectivity index (χ2v) is 9.18. The maximum absolute atomic E-state index is 12.6. The summed E-state index contributed by atoms with van der Waals surface area (Å²) >= 11 is 0. The van der Waals surface area contributed by atoms with Crippen LogP contribution in [0.1, 0.15) is 12.0 Å². The Morgan fingerprint density at radius 2 is 2.00 bits per heavy atom. The van der Waals surface area contributed by atoms with E-state index in [1.54, 1.807) is 6.92 Å². The van der Waals surface area contributed by atoms with Crippen LogP contribution in [0, 0.1) is 12.8 Å². The van der Waals surface area contributed by atoms with Crippen molar-refractivity contribution in [3.63, 3.8) is 0 Å². The van der Waals surface area contributed by atoms with Gasteiger partial charge in [-0.05, 0) is 56.6 Å². The van der Waals surface area contributed by atoms with E-state index in [9.17, 15) is 16.8 Å². The van der Waals surface area contributed by atoms with Gasteiger partial charge in [-0.15, -0.1) is 0 Å². The molecule has 9 heteroatoms. The highest BCUT2D eigenvalue weighted by atomic mass is 32.2. The van der Waals surface area contributed by atoms with Crippen LogP contribution in [0.4, 0.5) is 0 Å². The van der Waals surface area contributed by atoms with Crippen molar-refractivity contribution in [3.8, 4) is 0 Å². The molecular weight excluding hydrogens is 326 g/mol. The summed E-state index contributed by atoms with van der Waals surface area (Å²) in [4.78, 5) is 0.188. The molecule has 0 spiro atoms. The number of nitrogens with zero attached hydrogens (tertiary/aromatic N) is 1. The van der Waals surface area contributed by atoms with Crippen LogP contribution in [-0.2, 0) is 20.0 Å². The van der Waals surface area contributed by atoms with Crippen LogP contribution in [0.25, 0.3) is 0 Å². The Morgan fingerprint density at radius 3 is 2.50 bits per heavy atom. The predicted octanol–water partition coefficient (Wildman–Crippen LogP) is -0.128. The molecular formula is C13H21N3O4S2. The zero-order valence-electron chi connectivity index (χ0n) is 12.6. The molecule has 2 rings (SSSR count). The summed E-state index contributed by atoms with van der Waals surface area (Å²) in [6.07, 6.45) is 0.751. The molecule has 1 heterocycles. The van der Waals surface area contributed by atoms with Crippen molar-refractivity contribution in [1.82, 2.24) is 9.03 Å². The van der Waals surface area contributed by atoms with Crippen LogP contribution in [0.3, 0.4) is 0 Å². The third-order valence-corrected chi connectivity index (χ3v) is 7.36. The molecule has 0 radical (unpaired) electrons. The summed E-state index contributed by atoms with van der Waals surface area (Å²) in [7, 11) is -5.89. The van der Waals surface area contributed by atoms with Gasteiger partial charge in [0.05, 0.1) is 9.79 Å². The van der Waals surface area contributed by atoms with Crippen LogP contribution in [-0.4, -0.2) is 47.8 Å². The molecule has 1 aliphatic rings. The number of rotatable bonds is 5. The molecule has 22 heavy (non-hydrogen) atoms. The molecule has 0 amide bonds. The fourth-order valence-corrected chi connectivity index (χ4v) is 5.12. The molecule has 1 fully saturated rings. The van der Waals surface area contributed by atoms with Crippen molar-refractivity contribution in [2.24, 2.45) is 11.7 Å². The maximum atomic E-state index is 12.6. The highest BCUT2D eigenvalue weighted by Gasteiger charge is 2.32. The fourth-order valence-electron chi connectivity index (χ4n) is 2.55. The summed E-state index contributed by atoms with van der Waals surface area (Å²) in [6.45, 7) is 2.90. The summed E-state index contributed by atoms with van der Waals surface area (Å²) in [6, 6.07) is 4.06. The summed E-state index contributed by atoms with van der Waals surface area (Å²) in [5, 5.41) is 0.